The molecule has 1 aliphatic rings. The summed E-state index contributed by atoms with van der Waals surface area (Å²) in [5.74, 6) is 0.149. The third kappa shape index (κ3) is 3.31. The topological polar surface area (TPSA) is 63.0 Å². The first-order valence-corrected chi connectivity index (χ1v) is 7.77. The number of hydrogen-bond donors (Lipinski definition) is 0. The molecule has 0 bridgehead atoms. The van der Waals surface area contributed by atoms with Crippen LogP contribution in [-0.4, -0.2) is 23.8 Å². The fourth-order valence-corrected chi connectivity index (χ4v) is 3.26. The van der Waals surface area contributed by atoms with Crippen LogP contribution in [0.25, 0.3) is 0 Å². The second-order valence-electron chi connectivity index (χ2n) is 5.00. The van der Waals surface area contributed by atoms with Crippen molar-refractivity contribution in [1.82, 2.24) is 4.98 Å². The first-order chi connectivity index (χ1) is 9.65. The van der Waals surface area contributed by atoms with Crippen molar-refractivity contribution < 1.29 is 9.53 Å². The summed E-state index contributed by atoms with van der Waals surface area (Å²) in [4.78, 5) is 16.0. The molecule has 1 aliphatic carbocycles. The largest absolute Gasteiger partial charge is 0.469 e. The van der Waals surface area contributed by atoms with Crippen LogP contribution in [0.5, 0.6) is 0 Å². The van der Waals surface area contributed by atoms with Crippen molar-refractivity contribution in [2.45, 2.75) is 37.6 Å². The van der Waals surface area contributed by atoms with E-state index in [9.17, 15) is 10.1 Å². The van der Waals surface area contributed by atoms with E-state index in [-0.39, 0.29) is 11.9 Å². The molecule has 0 fully saturated rings. The Bertz CT molecular complexity index is 552. The predicted molar refractivity (Wildman–Crippen MR) is 77.5 cm³/mol. The van der Waals surface area contributed by atoms with Crippen molar-refractivity contribution in [2.75, 3.05) is 12.9 Å². The van der Waals surface area contributed by atoms with E-state index < -0.39 is 0 Å². The van der Waals surface area contributed by atoms with Crippen LogP contribution in [0.15, 0.2) is 11.1 Å². The van der Waals surface area contributed by atoms with Gasteiger partial charge in [-0.15, -0.1) is 11.8 Å². The maximum atomic E-state index is 11.4. The molecule has 1 aromatic rings. The predicted octanol–water partition coefficient (Wildman–Crippen LogP) is 2.73. The van der Waals surface area contributed by atoms with Gasteiger partial charge < -0.3 is 4.74 Å². The van der Waals surface area contributed by atoms with Crippen molar-refractivity contribution >= 4 is 17.7 Å². The van der Waals surface area contributed by atoms with Crippen LogP contribution in [0.4, 0.5) is 0 Å². The molecular formula is C15H18N2O2S. The molecule has 0 aliphatic heterocycles. The van der Waals surface area contributed by atoms with Gasteiger partial charge in [0.25, 0.3) is 0 Å². The molecule has 1 unspecified atom stereocenters. The molecule has 1 heterocycles. The molecule has 1 aromatic heterocycles. The fourth-order valence-electron chi connectivity index (χ4n) is 2.28. The minimum atomic E-state index is -0.228. The molecule has 1 atom stereocenters. The Morgan fingerprint density at radius 1 is 1.55 bits per heavy atom. The summed E-state index contributed by atoms with van der Waals surface area (Å²) < 4.78 is 4.71. The number of pyridine rings is 1. The van der Waals surface area contributed by atoms with Crippen LogP contribution in [-0.2, 0) is 22.4 Å². The van der Waals surface area contributed by atoms with Crippen molar-refractivity contribution in [3.05, 3.63) is 22.9 Å². The Morgan fingerprint density at radius 3 is 3.00 bits per heavy atom. The zero-order valence-electron chi connectivity index (χ0n) is 11.8. The second-order valence-corrected chi connectivity index (χ2v) is 6.01. The van der Waals surface area contributed by atoms with Crippen molar-refractivity contribution in [1.29, 1.82) is 5.26 Å². The number of carbonyl (C=O) groups is 1. The first-order valence-electron chi connectivity index (χ1n) is 6.79. The van der Waals surface area contributed by atoms with Gasteiger partial charge in [0.05, 0.1) is 18.6 Å². The molecule has 20 heavy (non-hydrogen) atoms. The number of methoxy groups -OCH3 is 1. The van der Waals surface area contributed by atoms with Crippen LogP contribution in [0.2, 0.25) is 0 Å². The normalized spacial score (nSPS) is 15.1. The fraction of sp³-hybridized carbons (Fsp3) is 0.533. The van der Waals surface area contributed by atoms with Gasteiger partial charge in [-0.2, -0.15) is 5.26 Å². The average molecular weight is 290 g/mol. The van der Waals surface area contributed by atoms with E-state index in [0.717, 1.165) is 30.0 Å². The van der Waals surface area contributed by atoms with E-state index in [1.54, 1.807) is 0 Å². The van der Waals surface area contributed by atoms with E-state index >= 15 is 0 Å². The minimum absolute atomic E-state index is 0.200. The highest BCUT2D eigenvalue weighted by Crippen LogP contribution is 2.28. The van der Waals surface area contributed by atoms with E-state index in [4.69, 9.17) is 4.74 Å². The summed E-state index contributed by atoms with van der Waals surface area (Å²) in [6.45, 7) is 1.82. The zero-order chi connectivity index (χ0) is 14.5. The quantitative estimate of drug-likeness (QED) is 0.630. The number of esters is 1. The van der Waals surface area contributed by atoms with Crippen LogP contribution >= 0.6 is 11.8 Å². The molecular weight excluding hydrogens is 272 g/mol. The third-order valence-electron chi connectivity index (χ3n) is 3.46. The van der Waals surface area contributed by atoms with Crippen LogP contribution in [0.1, 0.15) is 36.6 Å². The van der Waals surface area contributed by atoms with Gasteiger partial charge in [-0.25, -0.2) is 4.98 Å². The second kappa shape index (κ2) is 6.76. The van der Waals surface area contributed by atoms with Gasteiger partial charge in [-0.3, -0.25) is 4.79 Å². The molecule has 0 aromatic carbocycles. The number of carbonyl (C=O) groups excluding carboxylic acids is 1. The number of fused-ring (bicyclic) bond motifs is 1. The van der Waals surface area contributed by atoms with E-state index in [1.165, 1.54) is 30.9 Å². The van der Waals surface area contributed by atoms with Crippen LogP contribution in [0, 0.1) is 17.2 Å². The van der Waals surface area contributed by atoms with Gasteiger partial charge >= 0.3 is 5.97 Å². The number of rotatable bonds is 4. The van der Waals surface area contributed by atoms with Crippen molar-refractivity contribution in [3.63, 3.8) is 0 Å². The Balaban J connectivity index is 2.15. The molecule has 2 rings (SSSR count). The summed E-state index contributed by atoms with van der Waals surface area (Å²) in [7, 11) is 1.39. The Kier molecular flexibility index (Phi) is 5.02. The smallest absolute Gasteiger partial charge is 0.309 e. The van der Waals surface area contributed by atoms with Crippen LogP contribution < -0.4 is 0 Å². The van der Waals surface area contributed by atoms with Gasteiger partial charge in [0.2, 0.25) is 0 Å². The SMILES string of the molecule is COC(=O)C(C)CSc1nc2c(cc1C#N)CCCC2. The molecule has 0 radical (unpaired) electrons. The highest BCUT2D eigenvalue weighted by atomic mass is 32.2. The maximum Gasteiger partial charge on any atom is 0.309 e. The molecule has 4 nitrogen and oxygen atoms in total. The molecule has 5 heteroatoms. The molecule has 106 valence electrons. The number of aryl methyl sites for hydroxylation is 2. The van der Waals surface area contributed by atoms with Gasteiger partial charge in [0.15, 0.2) is 0 Å². The zero-order valence-corrected chi connectivity index (χ0v) is 12.6. The standard InChI is InChI=1S/C15H18N2O2S/c1-10(15(18)19-2)9-20-14-12(8-16)7-11-5-3-4-6-13(11)17-14/h7,10H,3-6,9H2,1-2H3. The van der Waals surface area contributed by atoms with Gasteiger partial charge in [0.1, 0.15) is 11.1 Å². The van der Waals surface area contributed by atoms with Gasteiger partial charge in [-0.1, -0.05) is 6.92 Å². The Labute approximate surface area is 123 Å². The minimum Gasteiger partial charge on any atom is -0.469 e. The molecule has 0 saturated carbocycles. The molecule has 0 spiro atoms. The lowest BCUT2D eigenvalue weighted by Gasteiger charge is -2.17. The lowest BCUT2D eigenvalue weighted by Crippen LogP contribution is -2.15. The molecule has 0 saturated heterocycles. The lowest BCUT2D eigenvalue weighted by atomic mass is 9.95. The number of nitriles is 1. The number of aromatic nitrogens is 1. The van der Waals surface area contributed by atoms with Gasteiger partial charge in [0, 0.05) is 11.4 Å². The molecule has 0 N–H and O–H groups in total. The monoisotopic (exact) mass is 290 g/mol. The van der Waals surface area contributed by atoms with Crippen LogP contribution in [0.3, 0.4) is 0 Å². The maximum absolute atomic E-state index is 11.4. The summed E-state index contributed by atoms with van der Waals surface area (Å²) >= 11 is 1.46. The average Bonchev–Trinajstić information content (AvgIpc) is 2.50. The number of thioether (sulfide) groups is 1. The highest BCUT2D eigenvalue weighted by molar-refractivity contribution is 7.99. The molecule has 0 amide bonds. The lowest BCUT2D eigenvalue weighted by molar-refractivity contribution is -0.143. The Morgan fingerprint density at radius 2 is 2.30 bits per heavy atom. The summed E-state index contributed by atoms with van der Waals surface area (Å²) in [5, 5.41) is 9.99. The van der Waals surface area contributed by atoms with Crippen molar-refractivity contribution in [3.8, 4) is 6.07 Å². The summed E-state index contributed by atoms with van der Waals surface area (Å²) in [6, 6.07) is 4.18. The Hall–Kier alpha value is -1.54. The van der Waals surface area contributed by atoms with E-state index in [1.807, 2.05) is 13.0 Å². The number of ether oxygens (including phenoxy) is 1. The first kappa shape index (κ1) is 14.9. The van der Waals surface area contributed by atoms with E-state index in [0.29, 0.717) is 11.3 Å². The van der Waals surface area contributed by atoms with E-state index in [2.05, 4.69) is 11.1 Å². The number of nitrogens with zero attached hydrogens (tertiary/aromatic N) is 2. The number of hydrogen-bond acceptors (Lipinski definition) is 5. The van der Waals surface area contributed by atoms with Crippen molar-refractivity contribution in [2.24, 2.45) is 5.92 Å². The highest BCUT2D eigenvalue weighted by Gasteiger charge is 2.18. The third-order valence-corrected chi connectivity index (χ3v) is 4.71. The summed E-state index contributed by atoms with van der Waals surface area (Å²) in [6.07, 6.45) is 4.33. The van der Waals surface area contributed by atoms with Gasteiger partial charge in [-0.05, 0) is 37.3 Å². The summed E-state index contributed by atoms with van der Waals surface area (Å²) in [5.41, 5.74) is 2.94.